The van der Waals surface area contributed by atoms with Gasteiger partial charge < -0.3 is 9.84 Å². The molecule has 3 rings (SSSR count). The molecule has 3 aromatic rings. The van der Waals surface area contributed by atoms with E-state index in [1.807, 2.05) is 56.4 Å². The van der Waals surface area contributed by atoms with E-state index in [1.54, 1.807) is 7.11 Å². The summed E-state index contributed by atoms with van der Waals surface area (Å²) >= 11 is 0. The molecule has 0 bridgehead atoms. The zero-order valence-electron chi connectivity index (χ0n) is 14.9. The number of hydrogen-bond donors (Lipinski definition) is 1. The lowest BCUT2D eigenvalue weighted by atomic mass is 10.0. The van der Waals surface area contributed by atoms with E-state index in [0.717, 1.165) is 34.5 Å². The molecule has 0 aliphatic rings. The summed E-state index contributed by atoms with van der Waals surface area (Å²) in [5, 5.41) is 11.1. The molecule has 4 nitrogen and oxygen atoms in total. The number of nitrogens with zero attached hydrogens (tertiary/aromatic N) is 2. The first-order valence-corrected chi connectivity index (χ1v) is 8.42. The monoisotopic (exact) mass is 336 g/mol. The number of para-hydroxylation sites is 1. The second-order valence-electron chi connectivity index (χ2n) is 6.33. The smallest absolute Gasteiger partial charge is 0.118 e. The van der Waals surface area contributed by atoms with Crippen LogP contribution < -0.4 is 4.74 Å². The number of pyridine rings is 1. The molecule has 0 radical (unpaired) electrons. The lowest BCUT2D eigenvalue weighted by Gasteiger charge is -2.27. The Hall–Kier alpha value is -2.43. The lowest BCUT2D eigenvalue weighted by Crippen LogP contribution is -2.27. The van der Waals surface area contributed by atoms with Gasteiger partial charge >= 0.3 is 0 Å². The molecule has 1 N–H and O–H groups in total. The third kappa shape index (κ3) is 3.81. The fourth-order valence-electron chi connectivity index (χ4n) is 3.23. The van der Waals surface area contributed by atoms with E-state index in [4.69, 9.17) is 4.74 Å². The molecule has 0 fully saturated rings. The molecule has 1 atom stereocenters. The van der Waals surface area contributed by atoms with Gasteiger partial charge in [0.25, 0.3) is 0 Å². The molecule has 0 spiro atoms. The van der Waals surface area contributed by atoms with Crippen LogP contribution in [0.1, 0.15) is 22.9 Å². The number of aliphatic hydroxyl groups excluding tert-OH is 1. The fourth-order valence-corrected chi connectivity index (χ4v) is 3.23. The molecule has 1 aromatic heterocycles. The average Bonchev–Trinajstić information content (AvgIpc) is 2.62. The molecule has 0 saturated carbocycles. The maximum atomic E-state index is 9.94. The van der Waals surface area contributed by atoms with Crippen molar-refractivity contribution in [1.82, 2.24) is 9.88 Å². The summed E-state index contributed by atoms with van der Waals surface area (Å²) in [5.74, 6) is 0.818. The van der Waals surface area contributed by atoms with Crippen LogP contribution in [0, 0.1) is 6.92 Å². The van der Waals surface area contributed by atoms with Gasteiger partial charge in [-0.25, -0.2) is 0 Å². The van der Waals surface area contributed by atoms with Crippen LogP contribution in [0.5, 0.6) is 5.75 Å². The van der Waals surface area contributed by atoms with Gasteiger partial charge in [-0.15, -0.1) is 0 Å². The topological polar surface area (TPSA) is 45.6 Å². The number of aryl methyl sites for hydroxylation is 1. The van der Waals surface area contributed by atoms with Crippen LogP contribution in [-0.2, 0) is 6.54 Å². The second-order valence-corrected chi connectivity index (χ2v) is 6.33. The van der Waals surface area contributed by atoms with Crippen molar-refractivity contribution in [2.75, 3.05) is 20.8 Å². The Morgan fingerprint density at radius 3 is 2.52 bits per heavy atom. The molecular formula is C21H24N2O2. The number of fused-ring (bicyclic) bond motifs is 1. The standard InChI is InChI=1S/C21H24N2O2/c1-15-12-17(19-6-4-5-7-20(19)22-15)13-23(2)21(14-24)16-8-10-18(25-3)11-9-16/h4-12,21,24H,13-14H2,1-3H3. The molecule has 0 aliphatic heterocycles. The van der Waals surface area contributed by atoms with Gasteiger partial charge in [0, 0.05) is 17.6 Å². The van der Waals surface area contributed by atoms with Crippen molar-refractivity contribution in [3.8, 4) is 5.75 Å². The summed E-state index contributed by atoms with van der Waals surface area (Å²) in [7, 11) is 3.69. The van der Waals surface area contributed by atoms with Crippen LogP contribution in [0.3, 0.4) is 0 Å². The molecule has 1 unspecified atom stereocenters. The maximum absolute atomic E-state index is 9.94. The zero-order chi connectivity index (χ0) is 17.8. The summed E-state index contributed by atoms with van der Waals surface area (Å²) in [6.45, 7) is 2.81. The third-order valence-electron chi connectivity index (χ3n) is 4.56. The van der Waals surface area contributed by atoms with Crippen LogP contribution in [0.15, 0.2) is 54.6 Å². The van der Waals surface area contributed by atoms with Crippen LogP contribution in [-0.4, -0.2) is 35.8 Å². The number of aliphatic hydroxyl groups is 1. The van der Waals surface area contributed by atoms with E-state index in [1.165, 1.54) is 5.56 Å². The number of hydrogen-bond acceptors (Lipinski definition) is 4. The molecule has 1 heterocycles. The largest absolute Gasteiger partial charge is 0.497 e. The van der Waals surface area contributed by atoms with E-state index < -0.39 is 0 Å². The van der Waals surface area contributed by atoms with Crippen LogP contribution in [0.4, 0.5) is 0 Å². The summed E-state index contributed by atoms with van der Waals surface area (Å²) in [4.78, 5) is 6.77. The van der Waals surface area contributed by atoms with Crippen molar-refractivity contribution >= 4 is 10.9 Å². The minimum Gasteiger partial charge on any atom is -0.497 e. The van der Waals surface area contributed by atoms with Crippen LogP contribution >= 0.6 is 0 Å². The van der Waals surface area contributed by atoms with Gasteiger partial charge in [0.15, 0.2) is 0 Å². The highest BCUT2D eigenvalue weighted by molar-refractivity contribution is 5.82. The average molecular weight is 336 g/mol. The molecule has 2 aromatic carbocycles. The first kappa shape index (κ1) is 17.4. The first-order chi connectivity index (χ1) is 12.1. The third-order valence-corrected chi connectivity index (χ3v) is 4.56. The van der Waals surface area contributed by atoms with Crippen molar-refractivity contribution in [2.24, 2.45) is 0 Å². The Morgan fingerprint density at radius 2 is 1.84 bits per heavy atom. The highest BCUT2D eigenvalue weighted by Gasteiger charge is 2.17. The number of benzene rings is 2. The maximum Gasteiger partial charge on any atom is 0.118 e. The lowest BCUT2D eigenvalue weighted by molar-refractivity contribution is 0.143. The van der Waals surface area contributed by atoms with Crippen molar-refractivity contribution in [2.45, 2.75) is 19.5 Å². The summed E-state index contributed by atoms with van der Waals surface area (Å²) < 4.78 is 5.22. The first-order valence-electron chi connectivity index (χ1n) is 8.42. The normalized spacial score (nSPS) is 12.5. The van der Waals surface area contributed by atoms with Gasteiger partial charge in [-0.1, -0.05) is 30.3 Å². The Kier molecular flexibility index (Phi) is 5.31. The van der Waals surface area contributed by atoms with Crippen molar-refractivity contribution in [3.05, 3.63) is 71.4 Å². The zero-order valence-corrected chi connectivity index (χ0v) is 14.9. The Labute approximate surface area is 148 Å². The molecule has 0 amide bonds. The summed E-state index contributed by atoms with van der Waals surface area (Å²) in [6, 6.07) is 18.1. The van der Waals surface area contributed by atoms with Crippen LogP contribution in [0.25, 0.3) is 10.9 Å². The van der Waals surface area contributed by atoms with E-state index in [9.17, 15) is 5.11 Å². The predicted molar refractivity (Wildman–Crippen MR) is 101 cm³/mol. The van der Waals surface area contributed by atoms with Gasteiger partial charge in [-0.3, -0.25) is 9.88 Å². The highest BCUT2D eigenvalue weighted by atomic mass is 16.5. The van der Waals surface area contributed by atoms with Gasteiger partial charge in [0.05, 0.1) is 25.3 Å². The Balaban J connectivity index is 1.88. The van der Waals surface area contributed by atoms with Crippen LogP contribution in [0.2, 0.25) is 0 Å². The second kappa shape index (κ2) is 7.64. The van der Waals surface area contributed by atoms with E-state index >= 15 is 0 Å². The molecule has 4 heteroatoms. The molecular weight excluding hydrogens is 312 g/mol. The van der Waals surface area contributed by atoms with E-state index in [-0.39, 0.29) is 12.6 Å². The molecule has 0 saturated heterocycles. The number of likely N-dealkylation sites (N-methyl/N-ethyl adjacent to an activating group) is 1. The number of rotatable bonds is 6. The molecule has 130 valence electrons. The predicted octanol–water partition coefficient (Wildman–Crippen LogP) is 3.72. The van der Waals surface area contributed by atoms with Gasteiger partial charge in [-0.05, 0) is 49.4 Å². The Morgan fingerprint density at radius 1 is 1.12 bits per heavy atom. The Bertz CT molecular complexity index is 846. The van der Waals surface area contributed by atoms with Gasteiger partial charge in [-0.2, -0.15) is 0 Å². The van der Waals surface area contributed by atoms with Gasteiger partial charge in [0.1, 0.15) is 5.75 Å². The minimum atomic E-state index is -0.0712. The minimum absolute atomic E-state index is 0.0603. The van der Waals surface area contributed by atoms with Crippen molar-refractivity contribution < 1.29 is 9.84 Å². The molecule has 0 aliphatic carbocycles. The van der Waals surface area contributed by atoms with Crippen molar-refractivity contribution in [1.29, 1.82) is 0 Å². The van der Waals surface area contributed by atoms with Gasteiger partial charge in [0.2, 0.25) is 0 Å². The summed E-state index contributed by atoms with van der Waals surface area (Å²) in [5.41, 5.74) is 4.31. The summed E-state index contributed by atoms with van der Waals surface area (Å²) in [6.07, 6.45) is 0. The number of aromatic nitrogens is 1. The van der Waals surface area contributed by atoms with E-state index in [2.05, 4.69) is 22.0 Å². The van der Waals surface area contributed by atoms with E-state index in [0.29, 0.717) is 0 Å². The van der Waals surface area contributed by atoms with Crippen molar-refractivity contribution in [3.63, 3.8) is 0 Å². The quantitative estimate of drug-likeness (QED) is 0.745. The highest BCUT2D eigenvalue weighted by Crippen LogP contribution is 2.26. The fraction of sp³-hybridized carbons (Fsp3) is 0.286. The number of methoxy groups -OCH3 is 1. The SMILES string of the molecule is COc1ccc(C(CO)N(C)Cc2cc(C)nc3ccccc23)cc1. The number of ether oxygens (including phenoxy) is 1. The molecule has 25 heavy (non-hydrogen) atoms.